The molecule has 1 aromatic rings. The zero-order valence-electron chi connectivity index (χ0n) is 9.10. The summed E-state index contributed by atoms with van der Waals surface area (Å²) in [6.45, 7) is 2.28. The van der Waals surface area contributed by atoms with Gasteiger partial charge >= 0.3 is 0 Å². The van der Waals surface area contributed by atoms with E-state index in [2.05, 4.69) is 0 Å². The van der Waals surface area contributed by atoms with E-state index in [4.69, 9.17) is 0 Å². The molecule has 0 aliphatic rings. The largest absolute Gasteiger partial charge is 0.271 e. The van der Waals surface area contributed by atoms with E-state index >= 15 is 0 Å². The minimum absolute atomic E-state index is 0.456. The second-order valence-electron chi connectivity index (χ2n) is 3.13. The molecule has 15 heavy (non-hydrogen) atoms. The minimum Gasteiger partial charge on any atom is -0.271 e. The molecule has 0 radical (unpaired) electrons. The lowest BCUT2D eigenvalue weighted by Crippen LogP contribution is -2.29. The van der Waals surface area contributed by atoms with Gasteiger partial charge in [0.15, 0.2) is 0 Å². The Morgan fingerprint density at radius 3 is 2.13 bits per heavy atom. The van der Waals surface area contributed by atoms with Gasteiger partial charge in [-0.1, -0.05) is 0 Å². The average Bonchev–Trinajstić information content (AvgIpc) is 2.18. The minimum atomic E-state index is -3.16. The van der Waals surface area contributed by atoms with Crippen molar-refractivity contribution >= 4 is 27.5 Å². The van der Waals surface area contributed by atoms with Crippen LogP contribution in [-0.2, 0) is 10.0 Å². The maximum absolute atomic E-state index is 11.4. The van der Waals surface area contributed by atoms with Crippen molar-refractivity contribution in [1.29, 1.82) is 0 Å². The molecule has 0 atom stereocenters. The van der Waals surface area contributed by atoms with Gasteiger partial charge in [0.05, 0.1) is 11.9 Å². The van der Waals surface area contributed by atoms with Crippen LogP contribution in [0.5, 0.6) is 0 Å². The molecule has 0 bridgehead atoms. The van der Waals surface area contributed by atoms with Crippen molar-refractivity contribution in [2.75, 3.05) is 23.4 Å². The highest BCUT2D eigenvalue weighted by Gasteiger charge is 2.14. The van der Waals surface area contributed by atoms with Crippen molar-refractivity contribution in [2.24, 2.45) is 0 Å². The number of anilines is 1. The Balaban J connectivity index is 3.04. The molecule has 0 aliphatic carbocycles. The van der Waals surface area contributed by atoms with Gasteiger partial charge in [-0.25, -0.2) is 8.42 Å². The maximum Gasteiger partial charge on any atom is 0.232 e. The van der Waals surface area contributed by atoms with Gasteiger partial charge in [0.1, 0.15) is 0 Å². The first-order valence-corrected chi connectivity index (χ1v) is 7.68. The lowest BCUT2D eigenvalue weighted by Gasteiger charge is -2.20. The number of thioether (sulfide) groups is 1. The predicted molar refractivity (Wildman–Crippen MR) is 66.1 cm³/mol. The zero-order chi connectivity index (χ0) is 11.5. The Labute approximate surface area is 95.5 Å². The van der Waals surface area contributed by atoms with Crippen LogP contribution in [0.1, 0.15) is 6.92 Å². The fourth-order valence-corrected chi connectivity index (χ4v) is 2.74. The summed E-state index contributed by atoms with van der Waals surface area (Å²) in [7, 11) is -3.16. The Hall–Kier alpha value is -0.680. The molecule has 0 heterocycles. The highest BCUT2D eigenvalue weighted by molar-refractivity contribution is 7.98. The fourth-order valence-electron chi connectivity index (χ4n) is 1.36. The molecule has 0 amide bonds. The monoisotopic (exact) mass is 245 g/mol. The molecule has 5 heteroatoms. The second-order valence-corrected chi connectivity index (χ2v) is 5.91. The maximum atomic E-state index is 11.4. The Bertz CT molecular complexity index is 412. The van der Waals surface area contributed by atoms with Gasteiger partial charge in [-0.15, -0.1) is 11.8 Å². The van der Waals surface area contributed by atoms with E-state index in [9.17, 15) is 8.42 Å². The number of rotatable bonds is 4. The van der Waals surface area contributed by atoms with E-state index in [-0.39, 0.29) is 0 Å². The first kappa shape index (κ1) is 12.4. The summed E-state index contributed by atoms with van der Waals surface area (Å²) in [5.74, 6) is 0. The van der Waals surface area contributed by atoms with Crippen LogP contribution in [0.3, 0.4) is 0 Å². The van der Waals surface area contributed by atoms with Crippen LogP contribution >= 0.6 is 11.8 Å². The van der Waals surface area contributed by atoms with E-state index < -0.39 is 10.0 Å². The highest BCUT2D eigenvalue weighted by Crippen LogP contribution is 2.21. The summed E-state index contributed by atoms with van der Waals surface area (Å²) in [6, 6.07) is 7.51. The van der Waals surface area contributed by atoms with Crippen LogP contribution in [-0.4, -0.2) is 27.5 Å². The topological polar surface area (TPSA) is 37.4 Å². The molecule has 0 aromatic heterocycles. The van der Waals surface area contributed by atoms with Gasteiger partial charge in [0.2, 0.25) is 10.0 Å². The van der Waals surface area contributed by atoms with Gasteiger partial charge < -0.3 is 0 Å². The first-order valence-electron chi connectivity index (χ1n) is 4.60. The normalized spacial score (nSPS) is 11.4. The van der Waals surface area contributed by atoms with Gasteiger partial charge in [-0.3, -0.25) is 4.31 Å². The molecule has 84 valence electrons. The fraction of sp³-hybridized carbons (Fsp3) is 0.400. The summed E-state index contributed by atoms with van der Waals surface area (Å²) in [4.78, 5) is 1.13. The molecule has 0 saturated heterocycles. The third-order valence-electron chi connectivity index (χ3n) is 2.05. The molecular formula is C10H15NO2S2. The van der Waals surface area contributed by atoms with Crippen LogP contribution in [0, 0.1) is 0 Å². The van der Waals surface area contributed by atoms with Gasteiger partial charge in [-0.05, 0) is 37.4 Å². The molecular weight excluding hydrogens is 230 g/mol. The summed E-state index contributed by atoms with van der Waals surface area (Å²) < 4.78 is 24.3. The molecule has 1 aromatic carbocycles. The lowest BCUT2D eigenvalue weighted by atomic mass is 10.3. The zero-order valence-corrected chi connectivity index (χ0v) is 10.7. The smallest absolute Gasteiger partial charge is 0.232 e. The molecule has 0 fully saturated rings. The van der Waals surface area contributed by atoms with Crippen molar-refractivity contribution in [3.05, 3.63) is 24.3 Å². The van der Waals surface area contributed by atoms with Crippen LogP contribution in [0.15, 0.2) is 29.2 Å². The number of hydrogen-bond donors (Lipinski definition) is 0. The first-order chi connectivity index (χ1) is 6.99. The Morgan fingerprint density at radius 2 is 1.80 bits per heavy atom. The number of benzene rings is 1. The molecule has 3 nitrogen and oxygen atoms in total. The molecule has 0 N–H and O–H groups in total. The van der Waals surface area contributed by atoms with Gasteiger partial charge in [-0.2, -0.15) is 0 Å². The van der Waals surface area contributed by atoms with Crippen molar-refractivity contribution in [3.63, 3.8) is 0 Å². The summed E-state index contributed by atoms with van der Waals surface area (Å²) in [6.07, 6.45) is 3.21. The van der Waals surface area contributed by atoms with Gasteiger partial charge in [0, 0.05) is 11.4 Å². The molecule has 0 unspecified atom stereocenters. The van der Waals surface area contributed by atoms with Crippen molar-refractivity contribution in [2.45, 2.75) is 11.8 Å². The summed E-state index contributed by atoms with van der Waals surface area (Å²) in [5.41, 5.74) is 0.720. The van der Waals surface area contributed by atoms with Crippen LogP contribution in [0.4, 0.5) is 5.69 Å². The van der Waals surface area contributed by atoms with E-state index in [0.29, 0.717) is 6.54 Å². The SMILES string of the molecule is CCN(c1ccc(SC)cc1)S(C)(=O)=O. The van der Waals surface area contributed by atoms with E-state index in [1.165, 1.54) is 10.6 Å². The van der Waals surface area contributed by atoms with Crippen LogP contribution in [0.25, 0.3) is 0 Å². The predicted octanol–water partition coefficient (Wildman–Crippen LogP) is 2.19. The Kier molecular flexibility index (Phi) is 4.04. The third-order valence-corrected chi connectivity index (χ3v) is 4.06. The molecule has 0 saturated carbocycles. The summed E-state index contributed by atoms with van der Waals surface area (Å²) >= 11 is 1.64. The Morgan fingerprint density at radius 1 is 1.27 bits per heavy atom. The standard InChI is InChI=1S/C10H15NO2S2/c1-4-11(15(3,12)13)9-5-7-10(14-2)8-6-9/h5-8H,4H2,1-3H3. The lowest BCUT2D eigenvalue weighted by molar-refractivity contribution is 0.598. The van der Waals surface area contributed by atoms with Crippen molar-refractivity contribution < 1.29 is 8.42 Å². The van der Waals surface area contributed by atoms with Crippen LogP contribution < -0.4 is 4.31 Å². The van der Waals surface area contributed by atoms with Crippen molar-refractivity contribution in [3.8, 4) is 0 Å². The van der Waals surface area contributed by atoms with Crippen LogP contribution in [0.2, 0.25) is 0 Å². The highest BCUT2D eigenvalue weighted by atomic mass is 32.2. The molecule has 0 aliphatic heterocycles. The third kappa shape index (κ3) is 3.14. The molecule has 1 rings (SSSR count). The van der Waals surface area contributed by atoms with E-state index in [0.717, 1.165) is 10.6 Å². The summed E-state index contributed by atoms with van der Waals surface area (Å²) in [5, 5.41) is 0. The second kappa shape index (κ2) is 4.90. The quantitative estimate of drug-likeness (QED) is 0.763. The van der Waals surface area contributed by atoms with E-state index in [1.807, 2.05) is 37.4 Å². The van der Waals surface area contributed by atoms with Gasteiger partial charge in [0.25, 0.3) is 0 Å². The average molecular weight is 245 g/mol. The van der Waals surface area contributed by atoms with Crippen molar-refractivity contribution in [1.82, 2.24) is 0 Å². The number of nitrogens with zero attached hydrogens (tertiary/aromatic N) is 1. The molecule has 0 spiro atoms. The number of sulfonamides is 1. The van der Waals surface area contributed by atoms with E-state index in [1.54, 1.807) is 11.8 Å². The number of hydrogen-bond acceptors (Lipinski definition) is 3.